The standard InChI is InChI=1S/C13H19FN2O/c14-10-3-4-12(15)11(7-10)13(17)6-9-2-1-5-16-8-9/h3-4,7,9,13,16-17H,1-2,5-6,8,15H2. The molecule has 0 bridgehead atoms. The van der Waals surface area contributed by atoms with Crippen molar-refractivity contribution in [3.05, 3.63) is 29.6 Å². The van der Waals surface area contributed by atoms with E-state index in [9.17, 15) is 9.50 Å². The van der Waals surface area contributed by atoms with Crippen molar-refractivity contribution in [1.82, 2.24) is 5.32 Å². The third kappa shape index (κ3) is 3.17. The summed E-state index contributed by atoms with van der Waals surface area (Å²) in [6, 6.07) is 4.15. The fraction of sp³-hybridized carbons (Fsp3) is 0.538. The van der Waals surface area contributed by atoms with Gasteiger partial charge < -0.3 is 16.2 Å². The Bertz CT molecular complexity index is 378. The van der Waals surface area contributed by atoms with Crippen molar-refractivity contribution in [2.24, 2.45) is 5.92 Å². The lowest BCUT2D eigenvalue weighted by molar-refractivity contribution is 0.135. The molecule has 1 aliphatic rings. The van der Waals surface area contributed by atoms with Crippen LogP contribution in [-0.4, -0.2) is 18.2 Å². The number of nitrogen functional groups attached to an aromatic ring is 1. The van der Waals surface area contributed by atoms with Gasteiger partial charge in [-0.1, -0.05) is 0 Å². The molecule has 2 rings (SSSR count). The molecular formula is C13H19FN2O. The summed E-state index contributed by atoms with van der Waals surface area (Å²) in [5, 5.41) is 13.4. The summed E-state index contributed by atoms with van der Waals surface area (Å²) in [6.45, 7) is 1.97. The van der Waals surface area contributed by atoms with E-state index in [4.69, 9.17) is 5.73 Å². The fourth-order valence-electron chi connectivity index (χ4n) is 2.40. The van der Waals surface area contributed by atoms with Gasteiger partial charge in [0.25, 0.3) is 0 Å². The van der Waals surface area contributed by atoms with E-state index in [1.165, 1.54) is 18.2 Å². The molecule has 1 saturated heterocycles. The van der Waals surface area contributed by atoms with Crippen molar-refractivity contribution >= 4 is 5.69 Å². The average Bonchev–Trinajstić information content (AvgIpc) is 2.33. The van der Waals surface area contributed by atoms with Gasteiger partial charge in [-0.25, -0.2) is 4.39 Å². The third-order valence-electron chi connectivity index (χ3n) is 3.36. The van der Waals surface area contributed by atoms with Crippen molar-refractivity contribution < 1.29 is 9.50 Å². The molecule has 0 aliphatic carbocycles. The van der Waals surface area contributed by atoms with Crippen LogP contribution in [0.4, 0.5) is 10.1 Å². The van der Waals surface area contributed by atoms with Crippen LogP contribution in [0.15, 0.2) is 18.2 Å². The number of hydrogen-bond acceptors (Lipinski definition) is 3. The van der Waals surface area contributed by atoms with E-state index < -0.39 is 6.10 Å². The van der Waals surface area contributed by atoms with Gasteiger partial charge in [-0.15, -0.1) is 0 Å². The first-order valence-corrected chi connectivity index (χ1v) is 6.10. The van der Waals surface area contributed by atoms with Crippen LogP contribution in [0.1, 0.15) is 30.9 Å². The molecule has 1 aliphatic heterocycles. The van der Waals surface area contributed by atoms with Crippen molar-refractivity contribution in [2.45, 2.75) is 25.4 Å². The lowest BCUT2D eigenvalue weighted by Crippen LogP contribution is -2.30. The van der Waals surface area contributed by atoms with Crippen LogP contribution in [0.5, 0.6) is 0 Å². The van der Waals surface area contributed by atoms with Crippen molar-refractivity contribution in [2.75, 3.05) is 18.8 Å². The molecule has 0 aromatic heterocycles. The van der Waals surface area contributed by atoms with Gasteiger partial charge in [-0.2, -0.15) is 0 Å². The van der Waals surface area contributed by atoms with Gasteiger partial charge in [0.15, 0.2) is 0 Å². The van der Waals surface area contributed by atoms with Gasteiger partial charge in [-0.05, 0) is 56.5 Å². The Morgan fingerprint density at radius 1 is 1.53 bits per heavy atom. The Hall–Kier alpha value is -1.13. The molecule has 0 saturated carbocycles. The number of aliphatic hydroxyl groups is 1. The lowest BCUT2D eigenvalue weighted by Gasteiger charge is -2.25. The van der Waals surface area contributed by atoms with Crippen LogP contribution in [-0.2, 0) is 0 Å². The maximum atomic E-state index is 13.1. The zero-order chi connectivity index (χ0) is 12.3. The number of rotatable bonds is 3. The molecule has 1 heterocycles. The minimum absolute atomic E-state index is 0.352. The summed E-state index contributed by atoms with van der Waals surface area (Å²) >= 11 is 0. The van der Waals surface area contributed by atoms with Gasteiger partial charge in [0.05, 0.1) is 6.10 Å². The van der Waals surface area contributed by atoms with Crippen LogP contribution in [0.2, 0.25) is 0 Å². The normalized spacial score (nSPS) is 22.4. The van der Waals surface area contributed by atoms with E-state index in [1.54, 1.807) is 0 Å². The third-order valence-corrected chi connectivity index (χ3v) is 3.36. The van der Waals surface area contributed by atoms with E-state index >= 15 is 0 Å². The van der Waals surface area contributed by atoms with E-state index in [-0.39, 0.29) is 5.82 Å². The second kappa shape index (κ2) is 5.47. The molecule has 94 valence electrons. The molecule has 2 atom stereocenters. The molecule has 1 aromatic carbocycles. The van der Waals surface area contributed by atoms with Gasteiger partial charge >= 0.3 is 0 Å². The van der Waals surface area contributed by atoms with E-state index in [0.29, 0.717) is 23.6 Å². The number of anilines is 1. The summed E-state index contributed by atoms with van der Waals surface area (Å²) < 4.78 is 13.1. The molecule has 0 amide bonds. The number of hydrogen-bond donors (Lipinski definition) is 3. The van der Waals surface area contributed by atoms with E-state index in [1.807, 2.05) is 0 Å². The molecule has 4 heteroatoms. The molecule has 2 unspecified atom stereocenters. The van der Waals surface area contributed by atoms with Gasteiger partial charge in [-0.3, -0.25) is 0 Å². The molecule has 3 nitrogen and oxygen atoms in total. The quantitative estimate of drug-likeness (QED) is 0.704. The summed E-state index contributed by atoms with van der Waals surface area (Å²) in [5.74, 6) is 0.0939. The molecule has 1 aromatic rings. The van der Waals surface area contributed by atoms with Crippen LogP contribution < -0.4 is 11.1 Å². The van der Waals surface area contributed by atoms with E-state index in [0.717, 1.165) is 25.9 Å². The molecular weight excluding hydrogens is 219 g/mol. The Kier molecular flexibility index (Phi) is 3.97. The van der Waals surface area contributed by atoms with Crippen LogP contribution in [0.3, 0.4) is 0 Å². The summed E-state index contributed by atoms with van der Waals surface area (Å²) in [4.78, 5) is 0. The maximum Gasteiger partial charge on any atom is 0.123 e. The Morgan fingerprint density at radius 3 is 3.06 bits per heavy atom. The Balaban J connectivity index is 2.02. The predicted octanol–water partition coefficient (Wildman–Crippen LogP) is 1.83. The van der Waals surface area contributed by atoms with Crippen LogP contribution in [0, 0.1) is 11.7 Å². The van der Waals surface area contributed by atoms with Gasteiger partial charge in [0.1, 0.15) is 5.82 Å². The monoisotopic (exact) mass is 238 g/mol. The first kappa shape index (κ1) is 12.3. The highest BCUT2D eigenvalue weighted by Crippen LogP contribution is 2.29. The van der Waals surface area contributed by atoms with Crippen LogP contribution >= 0.6 is 0 Å². The van der Waals surface area contributed by atoms with E-state index in [2.05, 4.69) is 5.32 Å². The topological polar surface area (TPSA) is 58.3 Å². The molecule has 0 radical (unpaired) electrons. The fourth-order valence-corrected chi connectivity index (χ4v) is 2.40. The number of nitrogens with one attached hydrogen (secondary N) is 1. The van der Waals surface area contributed by atoms with Crippen LogP contribution in [0.25, 0.3) is 0 Å². The summed E-state index contributed by atoms with van der Waals surface area (Å²) in [6.07, 6.45) is 2.21. The number of piperidine rings is 1. The first-order chi connectivity index (χ1) is 8.16. The lowest BCUT2D eigenvalue weighted by atomic mass is 9.90. The highest BCUT2D eigenvalue weighted by molar-refractivity contribution is 5.47. The smallest absolute Gasteiger partial charge is 0.123 e. The zero-order valence-electron chi connectivity index (χ0n) is 9.82. The average molecular weight is 238 g/mol. The largest absolute Gasteiger partial charge is 0.398 e. The van der Waals surface area contributed by atoms with Crippen molar-refractivity contribution in [1.29, 1.82) is 0 Å². The number of aliphatic hydroxyl groups excluding tert-OH is 1. The Labute approximate surface area is 101 Å². The second-order valence-corrected chi connectivity index (χ2v) is 4.74. The van der Waals surface area contributed by atoms with Gasteiger partial charge in [0, 0.05) is 11.3 Å². The second-order valence-electron chi connectivity index (χ2n) is 4.74. The molecule has 1 fully saturated rings. The SMILES string of the molecule is Nc1ccc(F)cc1C(O)CC1CCCNC1. The summed E-state index contributed by atoms with van der Waals surface area (Å²) in [5.41, 5.74) is 6.72. The summed E-state index contributed by atoms with van der Waals surface area (Å²) in [7, 11) is 0. The van der Waals surface area contributed by atoms with Gasteiger partial charge in [0.2, 0.25) is 0 Å². The zero-order valence-corrected chi connectivity index (χ0v) is 9.82. The number of nitrogens with two attached hydrogens (primary N) is 1. The minimum atomic E-state index is -0.671. The predicted molar refractivity (Wildman–Crippen MR) is 66.0 cm³/mol. The number of halogens is 1. The van der Waals surface area contributed by atoms with Crippen molar-refractivity contribution in [3.8, 4) is 0 Å². The molecule has 0 spiro atoms. The maximum absolute atomic E-state index is 13.1. The molecule has 17 heavy (non-hydrogen) atoms. The minimum Gasteiger partial charge on any atom is -0.398 e. The molecule has 4 N–H and O–H groups in total. The first-order valence-electron chi connectivity index (χ1n) is 6.10. The number of benzene rings is 1. The van der Waals surface area contributed by atoms with Crippen molar-refractivity contribution in [3.63, 3.8) is 0 Å². The Morgan fingerprint density at radius 2 is 2.35 bits per heavy atom. The highest BCUT2D eigenvalue weighted by atomic mass is 19.1. The highest BCUT2D eigenvalue weighted by Gasteiger charge is 2.20.